The van der Waals surface area contributed by atoms with Gasteiger partial charge in [0.1, 0.15) is 5.82 Å². The summed E-state index contributed by atoms with van der Waals surface area (Å²) in [5, 5.41) is 0. The van der Waals surface area contributed by atoms with Gasteiger partial charge in [0.15, 0.2) is 5.78 Å². The minimum absolute atomic E-state index is 0.114. The number of benzene rings is 1. The van der Waals surface area contributed by atoms with E-state index >= 15 is 0 Å². The summed E-state index contributed by atoms with van der Waals surface area (Å²) in [6.45, 7) is 3.64. The lowest BCUT2D eigenvalue weighted by atomic mass is 10.1. The third-order valence-electron chi connectivity index (χ3n) is 3.18. The van der Waals surface area contributed by atoms with Gasteiger partial charge in [-0.1, -0.05) is 0 Å². The highest BCUT2D eigenvalue weighted by Gasteiger charge is 2.27. The van der Waals surface area contributed by atoms with Gasteiger partial charge in [0.25, 0.3) is 0 Å². The van der Waals surface area contributed by atoms with Crippen LogP contribution >= 0.6 is 0 Å². The number of carbonyl (C=O) groups is 1. The van der Waals surface area contributed by atoms with Gasteiger partial charge < -0.3 is 4.57 Å². The Kier molecular flexibility index (Phi) is 1.90. The van der Waals surface area contributed by atoms with Crippen LogP contribution in [0.25, 0.3) is 11.0 Å². The molecule has 82 valence electrons. The number of rotatable bonds is 2. The lowest BCUT2D eigenvalue weighted by molar-refractivity contribution is 0.101. The average Bonchev–Trinajstić information content (AvgIpc) is 3.00. The summed E-state index contributed by atoms with van der Waals surface area (Å²) in [7, 11) is 0. The molecule has 1 heterocycles. The van der Waals surface area contributed by atoms with Gasteiger partial charge in [-0.3, -0.25) is 4.79 Å². The van der Waals surface area contributed by atoms with Gasteiger partial charge in [-0.25, -0.2) is 4.98 Å². The number of carbonyl (C=O) groups excluding carboxylic acids is 1. The highest BCUT2D eigenvalue weighted by atomic mass is 16.1. The Labute approximate surface area is 94.1 Å². The predicted octanol–water partition coefficient (Wildman–Crippen LogP) is 2.88. The molecule has 0 saturated heterocycles. The van der Waals surface area contributed by atoms with E-state index in [-0.39, 0.29) is 5.78 Å². The molecule has 1 aromatic heterocycles. The van der Waals surface area contributed by atoms with Crippen LogP contribution in [-0.2, 0) is 0 Å². The maximum Gasteiger partial charge on any atom is 0.159 e. The number of hydrogen-bond acceptors (Lipinski definition) is 2. The average molecular weight is 214 g/mol. The molecule has 0 amide bonds. The number of aryl methyl sites for hydroxylation is 1. The van der Waals surface area contributed by atoms with Crippen LogP contribution in [0.1, 0.15) is 42.0 Å². The van der Waals surface area contributed by atoms with Gasteiger partial charge in [-0.05, 0) is 44.9 Å². The van der Waals surface area contributed by atoms with Gasteiger partial charge in [-0.2, -0.15) is 0 Å². The molecule has 3 nitrogen and oxygen atoms in total. The molecule has 3 rings (SSSR count). The minimum Gasteiger partial charge on any atom is -0.325 e. The van der Waals surface area contributed by atoms with Crippen molar-refractivity contribution >= 4 is 16.8 Å². The smallest absolute Gasteiger partial charge is 0.159 e. The number of aromatic nitrogens is 2. The summed E-state index contributed by atoms with van der Waals surface area (Å²) in [5.41, 5.74) is 2.87. The molecule has 0 N–H and O–H groups in total. The fraction of sp³-hybridized carbons (Fsp3) is 0.385. The Morgan fingerprint density at radius 1 is 1.44 bits per heavy atom. The Hall–Kier alpha value is -1.64. The van der Waals surface area contributed by atoms with Crippen molar-refractivity contribution in [1.29, 1.82) is 0 Å². The molecule has 0 bridgehead atoms. The Balaban J connectivity index is 2.27. The zero-order valence-corrected chi connectivity index (χ0v) is 9.53. The molecule has 3 heteroatoms. The SMILES string of the molecule is CC(=O)c1ccc2nc(C)n(C3CC3)c2c1. The molecule has 1 aromatic carbocycles. The quantitative estimate of drug-likeness (QED) is 0.720. The van der Waals surface area contributed by atoms with Crippen LogP contribution in [0.5, 0.6) is 0 Å². The van der Waals surface area contributed by atoms with Gasteiger partial charge in [0, 0.05) is 11.6 Å². The number of ketones is 1. The number of hydrogen-bond donors (Lipinski definition) is 0. The fourth-order valence-corrected chi connectivity index (χ4v) is 2.23. The molecule has 0 spiro atoms. The summed E-state index contributed by atoms with van der Waals surface area (Å²) in [5.74, 6) is 1.17. The van der Waals surface area contributed by atoms with Crippen LogP contribution in [0.4, 0.5) is 0 Å². The van der Waals surface area contributed by atoms with E-state index < -0.39 is 0 Å². The second kappa shape index (κ2) is 3.17. The lowest BCUT2D eigenvalue weighted by Crippen LogP contribution is -1.97. The fourth-order valence-electron chi connectivity index (χ4n) is 2.23. The molecule has 16 heavy (non-hydrogen) atoms. The van der Waals surface area contributed by atoms with Crippen LogP contribution in [0, 0.1) is 6.92 Å². The Bertz CT molecular complexity index is 579. The van der Waals surface area contributed by atoms with E-state index in [0.717, 1.165) is 22.4 Å². The first-order valence-electron chi connectivity index (χ1n) is 5.66. The second-order valence-electron chi connectivity index (χ2n) is 4.52. The normalized spacial score (nSPS) is 15.6. The molecular weight excluding hydrogens is 200 g/mol. The molecule has 1 aliphatic carbocycles. The second-order valence-corrected chi connectivity index (χ2v) is 4.52. The standard InChI is InChI=1S/C13H14N2O/c1-8(16)10-3-6-12-13(7-10)15(9(2)14-12)11-4-5-11/h3,6-7,11H,4-5H2,1-2H3. The maximum atomic E-state index is 11.4. The third kappa shape index (κ3) is 1.35. The van der Waals surface area contributed by atoms with Crippen LogP contribution in [0.2, 0.25) is 0 Å². The van der Waals surface area contributed by atoms with E-state index in [1.165, 1.54) is 12.8 Å². The first kappa shape index (κ1) is 9.58. The highest BCUT2D eigenvalue weighted by Crippen LogP contribution is 2.38. The monoisotopic (exact) mass is 214 g/mol. The zero-order chi connectivity index (χ0) is 11.3. The van der Waals surface area contributed by atoms with Crippen molar-refractivity contribution in [3.8, 4) is 0 Å². The van der Waals surface area contributed by atoms with E-state index in [1.807, 2.05) is 25.1 Å². The zero-order valence-electron chi connectivity index (χ0n) is 9.53. The third-order valence-corrected chi connectivity index (χ3v) is 3.18. The Morgan fingerprint density at radius 2 is 2.19 bits per heavy atom. The summed E-state index contributed by atoms with van der Waals surface area (Å²) >= 11 is 0. The van der Waals surface area contributed by atoms with E-state index in [0.29, 0.717) is 6.04 Å². The molecule has 1 aliphatic rings. The predicted molar refractivity (Wildman–Crippen MR) is 62.7 cm³/mol. The van der Waals surface area contributed by atoms with Crippen molar-refractivity contribution in [1.82, 2.24) is 9.55 Å². The summed E-state index contributed by atoms with van der Waals surface area (Å²) < 4.78 is 2.27. The van der Waals surface area contributed by atoms with Crippen molar-refractivity contribution in [2.75, 3.05) is 0 Å². The molecule has 1 fully saturated rings. The van der Waals surface area contributed by atoms with Crippen LogP contribution in [0.3, 0.4) is 0 Å². The van der Waals surface area contributed by atoms with Crippen molar-refractivity contribution in [2.45, 2.75) is 32.7 Å². The molecule has 0 unspecified atom stereocenters. The summed E-state index contributed by atoms with van der Waals surface area (Å²) in [6.07, 6.45) is 2.47. The van der Waals surface area contributed by atoms with Crippen molar-refractivity contribution in [2.24, 2.45) is 0 Å². The summed E-state index contributed by atoms with van der Waals surface area (Å²) in [6, 6.07) is 6.37. The number of nitrogens with zero attached hydrogens (tertiary/aromatic N) is 2. The van der Waals surface area contributed by atoms with E-state index in [1.54, 1.807) is 6.92 Å². The first-order valence-corrected chi connectivity index (χ1v) is 5.66. The van der Waals surface area contributed by atoms with E-state index in [2.05, 4.69) is 9.55 Å². The lowest BCUT2D eigenvalue weighted by Gasteiger charge is -2.04. The van der Waals surface area contributed by atoms with Crippen LogP contribution < -0.4 is 0 Å². The molecule has 2 aromatic rings. The van der Waals surface area contributed by atoms with Crippen molar-refractivity contribution in [3.05, 3.63) is 29.6 Å². The molecule has 1 saturated carbocycles. The van der Waals surface area contributed by atoms with E-state index in [9.17, 15) is 4.79 Å². The van der Waals surface area contributed by atoms with Crippen molar-refractivity contribution in [3.63, 3.8) is 0 Å². The largest absolute Gasteiger partial charge is 0.325 e. The van der Waals surface area contributed by atoms with Gasteiger partial charge >= 0.3 is 0 Å². The van der Waals surface area contributed by atoms with E-state index in [4.69, 9.17) is 0 Å². The molecular formula is C13H14N2O. The number of Topliss-reactive ketones (excluding diaryl/α,β-unsaturated/α-hetero) is 1. The summed E-state index contributed by atoms with van der Waals surface area (Å²) in [4.78, 5) is 15.9. The first-order chi connectivity index (χ1) is 7.66. The van der Waals surface area contributed by atoms with Gasteiger partial charge in [0.05, 0.1) is 11.0 Å². The number of imidazole rings is 1. The van der Waals surface area contributed by atoms with Crippen LogP contribution in [0.15, 0.2) is 18.2 Å². The van der Waals surface area contributed by atoms with Crippen molar-refractivity contribution < 1.29 is 4.79 Å². The molecule has 0 atom stereocenters. The van der Waals surface area contributed by atoms with Gasteiger partial charge in [0.2, 0.25) is 0 Å². The maximum absolute atomic E-state index is 11.4. The van der Waals surface area contributed by atoms with Crippen LogP contribution in [-0.4, -0.2) is 15.3 Å². The highest BCUT2D eigenvalue weighted by molar-refractivity contribution is 5.97. The van der Waals surface area contributed by atoms with Gasteiger partial charge in [-0.15, -0.1) is 0 Å². The Morgan fingerprint density at radius 3 is 2.81 bits per heavy atom. The topological polar surface area (TPSA) is 34.9 Å². The number of fused-ring (bicyclic) bond motifs is 1. The molecule has 0 aliphatic heterocycles. The molecule has 0 radical (unpaired) electrons. The minimum atomic E-state index is 0.114.